The standard InChI is InChI=1S/C46H21N3O6/c1-3-11-25-23(9-1)24-10-2-4-12-26(24)41-37(25)28-21-36-40-44(43(28)54-41)55-42-27(46-48-30-14-6-8-16-32(30)53-46)17-18-33-39(42)49(40)38-34(50-33)19-22(20-35(38)51-36)45-47-29-13-5-7-15-31(29)52-45/h1-21H. The van der Waals surface area contributed by atoms with Crippen LogP contribution in [0.25, 0.3) is 88.6 Å². The third-order valence-corrected chi connectivity index (χ3v) is 11.0. The molecule has 0 atom stereocenters. The second-order valence-electron chi connectivity index (χ2n) is 14.1. The first-order valence-electron chi connectivity index (χ1n) is 18.0. The zero-order valence-electron chi connectivity index (χ0n) is 28.4. The molecular weight excluding hydrogens is 691 g/mol. The predicted octanol–water partition coefficient (Wildman–Crippen LogP) is 13.3. The number of furan rings is 1. The Kier molecular flexibility index (Phi) is 4.86. The Bertz CT molecular complexity index is 3490. The topological polar surface area (TPSA) is 96.1 Å². The Balaban J connectivity index is 1.10. The van der Waals surface area contributed by atoms with Crippen LogP contribution in [-0.4, -0.2) is 9.97 Å². The minimum atomic E-state index is 0.432. The van der Waals surface area contributed by atoms with Crippen LogP contribution in [0.2, 0.25) is 0 Å². The number of hydrogen-bond donors (Lipinski definition) is 0. The van der Waals surface area contributed by atoms with Crippen LogP contribution in [0.15, 0.2) is 141 Å². The van der Waals surface area contributed by atoms with E-state index in [1.807, 2.05) is 78.9 Å². The van der Waals surface area contributed by atoms with Gasteiger partial charge < -0.3 is 27.5 Å². The van der Waals surface area contributed by atoms with Gasteiger partial charge in [-0.1, -0.05) is 72.8 Å². The number of anilines is 3. The van der Waals surface area contributed by atoms with Crippen LogP contribution in [0.3, 0.4) is 0 Å². The maximum atomic E-state index is 7.10. The lowest BCUT2D eigenvalue weighted by Gasteiger charge is -2.42. The van der Waals surface area contributed by atoms with E-state index in [9.17, 15) is 0 Å². The molecule has 0 bridgehead atoms. The van der Waals surface area contributed by atoms with Crippen LogP contribution in [0.5, 0.6) is 34.5 Å². The molecule has 9 heteroatoms. The summed E-state index contributed by atoms with van der Waals surface area (Å²) in [5.41, 5.74) is 7.85. The van der Waals surface area contributed by atoms with E-state index < -0.39 is 0 Å². The Labute approximate surface area is 309 Å². The normalized spacial score (nSPS) is 13.5. The van der Waals surface area contributed by atoms with Crippen molar-refractivity contribution in [3.63, 3.8) is 0 Å². The van der Waals surface area contributed by atoms with Gasteiger partial charge in [0.25, 0.3) is 0 Å². The summed E-state index contributed by atoms with van der Waals surface area (Å²) in [6, 6.07) is 42.1. The molecule has 55 heavy (non-hydrogen) atoms. The monoisotopic (exact) mass is 711 g/mol. The lowest BCUT2D eigenvalue weighted by atomic mass is 9.96. The zero-order valence-corrected chi connectivity index (χ0v) is 28.4. The van der Waals surface area contributed by atoms with Gasteiger partial charge in [0.1, 0.15) is 33.7 Å². The highest BCUT2D eigenvalue weighted by atomic mass is 16.5. The molecule has 0 N–H and O–H groups in total. The summed E-state index contributed by atoms with van der Waals surface area (Å²) in [7, 11) is 0. The number of hydrogen-bond acceptors (Lipinski definition) is 9. The Morgan fingerprint density at radius 3 is 1.78 bits per heavy atom. The van der Waals surface area contributed by atoms with Gasteiger partial charge in [-0.2, -0.15) is 0 Å². The van der Waals surface area contributed by atoms with E-state index in [2.05, 4.69) is 53.4 Å². The van der Waals surface area contributed by atoms with Crippen molar-refractivity contribution in [2.24, 2.45) is 0 Å². The fourth-order valence-corrected chi connectivity index (χ4v) is 8.72. The molecule has 9 nitrogen and oxygen atoms in total. The van der Waals surface area contributed by atoms with E-state index in [0.717, 1.165) is 65.9 Å². The lowest BCUT2D eigenvalue weighted by Crippen LogP contribution is -2.24. The summed E-state index contributed by atoms with van der Waals surface area (Å²) in [5.74, 6) is 4.34. The number of ether oxygens (including phenoxy) is 3. The Morgan fingerprint density at radius 1 is 0.418 bits per heavy atom. The quantitative estimate of drug-likeness (QED) is 0.162. The first kappa shape index (κ1) is 27.8. The van der Waals surface area contributed by atoms with Gasteiger partial charge >= 0.3 is 0 Å². The third-order valence-electron chi connectivity index (χ3n) is 11.0. The molecule has 8 aromatic carbocycles. The third kappa shape index (κ3) is 3.48. The van der Waals surface area contributed by atoms with Crippen LogP contribution < -0.4 is 19.1 Å². The Morgan fingerprint density at radius 2 is 1.02 bits per heavy atom. The van der Waals surface area contributed by atoms with Gasteiger partial charge in [-0.25, -0.2) is 9.97 Å². The smallest absolute Gasteiger partial charge is 0.231 e. The molecule has 0 saturated heterocycles. The summed E-state index contributed by atoms with van der Waals surface area (Å²) >= 11 is 0. The minimum Gasteiger partial charge on any atom is -0.453 e. The molecule has 11 aromatic rings. The van der Waals surface area contributed by atoms with Gasteiger partial charge in [-0.05, 0) is 70.8 Å². The summed E-state index contributed by atoms with van der Waals surface area (Å²) in [4.78, 5) is 11.8. The molecular formula is C46H21N3O6. The van der Waals surface area contributed by atoms with E-state index in [-0.39, 0.29) is 0 Å². The number of benzene rings is 8. The van der Waals surface area contributed by atoms with Gasteiger partial charge in [0.15, 0.2) is 51.2 Å². The molecule has 256 valence electrons. The molecule has 0 fully saturated rings. The van der Waals surface area contributed by atoms with Crippen molar-refractivity contribution in [3.05, 3.63) is 127 Å². The van der Waals surface area contributed by atoms with E-state index in [1.165, 1.54) is 0 Å². The van der Waals surface area contributed by atoms with Gasteiger partial charge in [0.05, 0.1) is 5.56 Å². The lowest BCUT2D eigenvalue weighted by molar-refractivity contribution is 0.417. The summed E-state index contributed by atoms with van der Waals surface area (Å²) in [5, 5.41) is 6.22. The molecule has 6 heterocycles. The highest BCUT2D eigenvalue weighted by Crippen LogP contribution is 2.70. The molecule has 3 aliphatic rings. The fourth-order valence-electron chi connectivity index (χ4n) is 8.72. The number of aromatic nitrogens is 2. The van der Waals surface area contributed by atoms with E-state index in [0.29, 0.717) is 74.3 Å². The number of rotatable bonds is 2. The summed E-state index contributed by atoms with van der Waals surface area (Å²) < 4.78 is 40.3. The zero-order chi connectivity index (χ0) is 35.5. The molecule has 0 unspecified atom stereocenters. The maximum absolute atomic E-state index is 7.10. The molecule has 0 amide bonds. The van der Waals surface area contributed by atoms with Gasteiger partial charge in [-0.3, -0.25) is 4.90 Å². The van der Waals surface area contributed by atoms with Crippen molar-refractivity contribution in [3.8, 4) is 57.4 Å². The molecule has 0 radical (unpaired) electrons. The van der Waals surface area contributed by atoms with Crippen LogP contribution in [0.4, 0.5) is 17.1 Å². The molecule has 0 spiro atoms. The van der Waals surface area contributed by atoms with Crippen LogP contribution in [0, 0.1) is 0 Å². The molecule has 14 rings (SSSR count). The van der Waals surface area contributed by atoms with Crippen LogP contribution in [-0.2, 0) is 0 Å². The summed E-state index contributed by atoms with van der Waals surface area (Å²) in [6.07, 6.45) is 0. The second-order valence-corrected chi connectivity index (χ2v) is 14.1. The molecule has 3 aromatic heterocycles. The minimum absolute atomic E-state index is 0.432. The van der Waals surface area contributed by atoms with Crippen molar-refractivity contribution < 1.29 is 27.5 Å². The van der Waals surface area contributed by atoms with Crippen molar-refractivity contribution in [2.75, 3.05) is 4.90 Å². The van der Waals surface area contributed by atoms with Crippen molar-refractivity contribution in [2.45, 2.75) is 0 Å². The average molecular weight is 712 g/mol. The van der Waals surface area contributed by atoms with Crippen molar-refractivity contribution in [1.29, 1.82) is 0 Å². The van der Waals surface area contributed by atoms with Crippen molar-refractivity contribution >= 4 is 82.7 Å². The highest BCUT2D eigenvalue weighted by Gasteiger charge is 2.45. The SMILES string of the molecule is c1ccc2oc(-c3cc4c5c(c3)Oc3cc6c(oc7c8ccccc8c8ccccc8c67)c6c3N5c3c(ccc(-c5nc7ccccc7o5)c3O6)O4)nc2c1. The first-order valence-corrected chi connectivity index (χ1v) is 18.0. The van der Waals surface area contributed by atoms with Gasteiger partial charge in [-0.15, -0.1) is 0 Å². The van der Waals surface area contributed by atoms with Crippen LogP contribution in [0.1, 0.15) is 0 Å². The number of oxazole rings is 2. The molecule has 0 saturated carbocycles. The first-order chi connectivity index (χ1) is 27.2. The molecule has 0 aliphatic carbocycles. The van der Waals surface area contributed by atoms with Crippen molar-refractivity contribution in [1.82, 2.24) is 9.97 Å². The van der Waals surface area contributed by atoms with E-state index in [1.54, 1.807) is 0 Å². The van der Waals surface area contributed by atoms with E-state index >= 15 is 0 Å². The second kappa shape index (κ2) is 9.60. The average Bonchev–Trinajstić information content (AvgIpc) is 3.97. The van der Waals surface area contributed by atoms with E-state index in [4.69, 9.17) is 37.4 Å². The fraction of sp³-hybridized carbons (Fsp3) is 0. The summed E-state index contributed by atoms with van der Waals surface area (Å²) in [6.45, 7) is 0. The highest BCUT2D eigenvalue weighted by molar-refractivity contribution is 6.31. The maximum Gasteiger partial charge on any atom is 0.231 e. The Hall–Kier alpha value is -7.78. The van der Waals surface area contributed by atoms with Gasteiger partial charge in [0, 0.05) is 21.7 Å². The van der Waals surface area contributed by atoms with Gasteiger partial charge in [0.2, 0.25) is 11.8 Å². The largest absolute Gasteiger partial charge is 0.453 e. The predicted molar refractivity (Wildman–Crippen MR) is 210 cm³/mol. The van der Waals surface area contributed by atoms with Crippen LogP contribution >= 0.6 is 0 Å². The number of para-hydroxylation sites is 4. The number of fused-ring (bicyclic) bond motifs is 11. The molecule has 3 aliphatic heterocycles. The number of nitrogens with zero attached hydrogens (tertiary/aromatic N) is 3.